The van der Waals surface area contributed by atoms with E-state index in [9.17, 15) is 9.59 Å². The minimum Gasteiger partial charge on any atom is -0.348 e. The van der Waals surface area contributed by atoms with Crippen LogP contribution in [0.2, 0.25) is 0 Å². The average Bonchev–Trinajstić information content (AvgIpc) is 3.07. The fraction of sp³-hybridized carbons (Fsp3) is 0.500. The van der Waals surface area contributed by atoms with E-state index in [1.54, 1.807) is 10.7 Å². The van der Waals surface area contributed by atoms with E-state index in [1.165, 1.54) is 19.3 Å². The number of aryl methyl sites for hydroxylation is 2. The lowest BCUT2D eigenvalue weighted by molar-refractivity contribution is -0.136. The van der Waals surface area contributed by atoms with Crippen molar-refractivity contribution in [2.24, 2.45) is 5.92 Å². The predicted molar refractivity (Wildman–Crippen MR) is 114 cm³/mol. The van der Waals surface area contributed by atoms with Crippen LogP contribution in [0.4, 0.5) is 5.82 Å². The van der Waals surface area contributed by atoms with Gasteiger partial charge in [-0.05, 0) is 57.8 Å². The number of hydrogen-bond donors (Lipinski definition) is 2. The number of aromatic nitrogens is 2. The number of anilines is 1. The Morgan fingerprint density at radius 1 is 1.07 bits per heavy atom. The number of carbonyl (C=O) groups is 2. The van der Waals surface area contributed by atoms with Gasteiger partial charge < -0.3 is 15.5 Å². The van der Waals surface area contributed by atoms with Crippen LogP contribution in [-0.4, -0.2) is 52.7 Å². The topological polar surface area (TPSA) is 79.3 Å². The van der Waals surface area contributed by atoms with Crippen LogP contribution < -0.4 is 10.6 Å². The first kappa shape index (κ1) is 21.0. The maximum absolute atomic E-state index is 12.4. The summed E-state index contributed by atoms with van der Waals surface area (Å²) >= 11 is 0. The lowest BCUT2D eigenvalue weighted by atomic mass is 10.1. The third-order valence-corrected chi connectivity index (χ3v) is 5.19. The first-order valence-corrected chi connectivity index (χ1v) is 10.4. The number of hydrogen-bond acceptors (Lipinski definition) is 4. The summed E-state index contributed by atoms with van der Waals surface area (Å²) < 4.78 is 1.64. The Morgan fingerprint density at radius 3 is 2.45 bits per heavy atom. The van der Waals surface area contributed by atoms with Crippen LogP contribution in [-0.2, 0) is 9.59 Å². The number of likely N-dealkylation sites (tertiary alicyclic amines) is 1. The molecule has 2 aromatic rings. The Balaban J connectivity index is 1.54. The molecule has 0 radical (unpaired) electrons. The molecular weight excluding hydrogens is 366 g/mol. The molecule has 2 amide bonds. The molecule has 1 aromatic carbocycles. The summed E-state index contributed by atoms with van der Waals surface area (Å²) in [4.78, 5) is 27.1. The Bertz CT molecular complexity index is 837. The number of amides is 2. The Hall–Kier alpha value is -2.67. The van der Waals surface area contributed by atoms with Gasteiger partial charge in [0, 0.05) is 19.2 Å². The molecule has 3 rings (SSSR count). The first-order valence-electron chi connectivity index (χ1n) is 10.4. The number of nitrogens with one attached hydrogen (secondary N) is 2. The fourth-order valence-corrected chi connectivity index (χ4v) is 3.64. The molecule has 156 valence electrons. The molecule has 0 aliphatic carbocycles. The van der Waals surface area contributed by atoms with Gasteiger partial charge in [-0.25, -0.2) is 4.68 Å². The predicted octanol–water partition coefficient (Wildman–Crippen LogP) is 2.67. The van der Waals surface area contributed by atoms with Gasteiger partial charge in [0.2, 0.25) is 0 Å². The monoisotopic (exact) mass is 397 g/mol. The Labute approximate surface area is 172 Å². The van der Waals surface area contributed by atoms with Crippen molar-refractivity contribution in [2.75, 3.05) is 31.5 Å². The third kappa shape index (κ3) is 5.90. The molecule has 1 fully saturated rings. The second-order valence-corrected chi connectivity index (χ2v) is 8.05. The maximum atomic E-state index is 12.4. The summed E-state index contributed by atoms with van der Waals surface area (Å²) in [5.41, 5.74) is 2.73. The van der Waals surface area contributed by atoms with E-state index in [0.29, 0.717) is 18.3 Å². The highest BCUT2D eigenvalue weighted by molar-refractivity contribution is 6.39. The Morgan fingerprint density at radius 2 is 1.76 bits per heavy atom. The standard InChI is InChI=1S/C22H31N5O2/c1-16-7-9-19(10-8-16)27-20(13-18(3)25-27)24-22(29)21(28)23-14-17(2)15-26-11-5-4-6-12-26/h7-10,13,17H,4-6,11-12,14-15H2,1-3H3,(H,23,28)(H,24,29)/t17-/m1/s1. The van der Waals surface area contributed by atoms with Crippen molar-refractivity contribution >= 4 is 17.6 Å². The number of carbonyl (C=O) groups excluding carboxylic acids is 2. The van der Waals surface area contributed by atoms with E-state index < -0.39 is 11.8 Å². The van der Waals surface area contributed by atoms with Gasteiger partial charge in [-0.15, -0.1) is 0 Å². The highest BCUT2D eigenvalue weighted by Crippen LogP contribution is 2.17. The lowest BCUT2D eigenvalue weighted by Crippen LogP contribution is -2.41. The number of benzene rings is 1. The maximum Gasteiger partial charge on any atom is 0.314 e. The molecule has 7 nitrogen and oxygen atoms in total. The van der Waals surface area contributed by atoms with E-state index in [0.717, 1.165) is 36.6 Å². The minimum atomic E-state index is -0.677. The summed E-state index contributed by atoms with van der Waals surface area (Å²) in [6.07, 6.45) is 3.80. The fourth-order valence-electron chi connectivity index (χ4n) is 3.64. The number of rotatable bonds is 6. The van der Waals surface area contributed by atoms with Gasteiger partial charge in [0.1, 0.15) is 5.82 Å². The van der Waals surface area contributed by atoms with Crippen LogP contribution in [0.1, 0.15) is 37.4 Å². The van der Waals surface area contributed by atoms with E-state index in [4.69, 9.17) is 0 Å². The van der Waals surface area contributed by atoms with Crippen LogP contribution in [0.3, 0.4) is 0 Å². The van der Waals surface area contributed by atoms with E-state index in [1.807, 2.05) is 38.1 Å². The average molecular weight is 398 g/mol. The van der Waals surface area contributed by atoms with Crippen LogP contribution in [0.25, 0.3) is 5.69 Å². The molecule has 1 saturated heterocycles. The molecule has 7 heteroatoms. The molecule has 0 unspecified atom stereocenters. The van der Waals surface area contributed by atoms with E-state index >= 15 is 0 Å². The van der Waals surface area contributed by atoms with Gasteiger partial charge in [-0.2, -0.15) is 5.10 Å². The van der Waals surface area contributed by atoms with E-state index in [-0.39, 0.29) is 0 Å². The molecule has 2 N–H and O–H groups in total. The molecule has 0 saturated carbocycles. The molecule has 1 aliphatic heterocycles. The molecule has 2 heterocycles. The highest BCUT2D eigenvalue weighted by atomic mass is 16.2. The minimum absolute atomic E-state index is 0.296. The zero-order valence-corrected chi connectivity index (χ0v) is 17.6. The first-order chi connectivity index (χ1) is 13.9. The van der Waals surface area contributed by atoms with Gasteiger partial charge in [0.25, 0.3) is 0 Å². The molecule has 1 aliphatic rings. The van der Waals surface area contributed by atoms with Crippen molar-refractivity contribution in [2.45, 2.75) is 40.0 Å². The van der Waals surface area contributed by atoms with Crippen LogP contribution in [0.5, 0.6) is 0 Å². The smallest absolute Gasteiger partial charge is 0.314 e. The van der Waals surface area contributed by atoms with Crippen LogP contribution >= 0.6 is 0 Å². The molecule has 29 heavy (non-hydrogen) atoms. The summed E-state index contributed by atoms with van der Waals surface area (Å²) in [5.74, 6) is -0.522. The van der Waals surface area contributed by atoms with Gasteiger partial charge in [0.05, 0.1) is 11.4 Å². The highest BCUT2D eigenvalue weighted by Gasteiger charge is 2.19. The molecule has 1 atom stereocenters. The summed E-state index contributed by atoms with van der Waals surface area (Å²) in [6.45, 7) is 9.64. The molecule has 0 bridgehead atoms. The van der Waals surface area contributed by atoms with Crippen LogP contribution in [0.15, 0.2) is 30.3 Å². The molecule has 1 aromatic heterocycles. The second-order valence-electron chi connectivity index (χ2n) is 8.05. The summed E-state index contributed by atoms with van der Waals surface area (Å²) in [7, 11) is 0. The Kier molecular flexibility index (Phi) is 7.04. The zero-order valence-electron chi connectivity index (χ0n) is 17.6. The van der Waals surface area contributed by atoms with Crippen molar-refractivity contribution in [1.29, 1.82) is 0 Å². The van der Waals surface area contributed by atoms with Crippen molar-refractivity contribution < 1.29 is 9.59 Å². The summed E-state index contributed by atoms with van der Waals surface area (Å²) in [5, 5.41) is 9.87. The number of nitrogens with zero attached hydrogens (tertiary/aromatic N) is 3. The van der Waals surface area contributed by atoms with Gasteiger partial charge >= 0.3 is 11.8 Å². The van der Waals surface area contributed by atoms with Crippen molar-refractivity contribution in [3.8, 4) is 5.69 Å². The number of piperidine rings is 1. The van der Waals surface area contributed by atoms with E-state index in [2.05, 4.69) is 27.6 Å². The van der Waals surface area contributed by atoms with Crippen molar-refractivity contribution in [1.82, 2.24) is 20.0 Å². The third-order valence-electron chi connectivity index (χ3n) is 5.19. The van der Waals surface area contributed by atoms with Gasteiger partial charge in [0.15, 0.2) is 0 Å². The van der Waals surface area contributed by atoms with Gasteiger partial charge in [-0.3, -0.25) is 9.59 Å². The van der Waals surface area contributed by atoms with Crippen molar-refractivity contribution in [3.05, 3.63) is 41.6 Å². The lowest BCUT2D eigenvalue weighted by Gasteiger charge is -2.29. The molecule has 0 spiro atoms. The quantitative estimate of drug-likeness (QED) is 0.735. The summed E-state index contributed by atoms with van der Waals surface area (Å²) in [6, 6.07) is 9.58. The zero-order chi connectivity index (χ0) is 20.8. The van der Waals surface area contributed by atoms with Gasteiger partial charge in [-0.1, -0.05) is 31.0 Å². The largest absolute Gasteiger partial charge is 0.348 e. The normalized spacial score (nSPS) is 15.7. The second kappa shape index (κ2) is 9.69. The molecular formula is C22H31N5O2. The van der Waals surface area contributed by atoms with Crippen molar-refractivity contribution in [3.63, 3.8) is 0 Å². The SMILES string of the molecule is Cc1ccc(-n2nc(C)cc2NC(=O)C(=O)NC[C@@H](C)CN2CCCCC2)cc1. The van der Waals surface area contributed by atoms with Crippen LogP contribution in [0, 0.1) is 19.8 Å².